The number of unbranched alkanes of at least 4 members (excludes halogenated alkanes) is 2. The zero-order chi connectivity index (χ0) is 15.1. The molecule has 0 radical (unpaired) electrons. The van der Waals surface area contributed by atoms with E-state index in [9.17, 15) is 9.59 Å². The monoisotopic (exact) mass is 504 g/mol. The van der Waals surface area contributed by atoms with Gasteiger partial charge in [-0.15, -0.1) is 0 Å². The Morgan fingerprint density at radius 2 is 1.25 bits per heavy atom. The van der Waals surface area contributed by atoms with Crippen LogP contribution >= 0.6 is 0 Å². The summed E-state index contributed by atoms with van der Waals surface area (Å²) in [5.41, 5.74) is 0. The number of hydrogen-bond donors (Lipinski definition) is 0. The normalized spacial score (nSPS) is 11.9. The third-order valence-electron chi connectivity index (χ3n) is 2.30. The Kier molecular flexibility index (Phi) is 15.7. The summed E-state index contributed by atoms with van der Waals surface area (Å²) in [6, 6.07) is 0. The van der Waals surface area contributed by atoms with Gasteiger partial charge in [-0.25, -0.2) is 0 Å². The van der Waals surface area contributed by atoms with Crippen LogP contribution < -0.4 is 0 Å². The van der Waals surface area contributed by atoms with Gasteiger partial charge in [0.2, 0.25) is 0 Å². The van der Waals surface area contributed by atoms with Crippen LogP contribution in [-0.2, 0) is 25.8 Å². The van der Waals surface area contributed by atoms with Gasteiger partial charge < -0.3 is 0 Å². The molecule has 0 atom stereocenters. The third kappa shape index (κ3) is 14.6. The van der Waals surface area contributed by atoms with E-state index >= 15 is 0 Å². The Hall–Kier alpha value is 0.197. The Bertz CT molecular complexity index is 268. The van der Waals surface area contributed by atoms with Crippen LogP contribution in [0, 0.1) is 0 Å². The molecule has 0 bridgehead atoms. The molecule has 0 amide bonds. The van der Waals surface area contributed by atoms with E-state index in [2.05, 4.69) is 23.6 Å². The quantitative estimate of drug-likeness (QED) is 0.131. The van der Waals surface area contributed by atoms with Crippen molar-refractivity contribution in [3.8, 4) is 0 Å². The molecule has 8 heteroatoms. The summed E-state index contributed by atoms with van der Waals surface area (Å²) in [7, 11) is 0. The molecule has 0 heterocycles. The SMILES string of the molecule is CCC[CH2][SnH2][O]OC(=O)C=CC(=O)O[O][SnH2][CH2]CCC. The number of rotatable bonds is 12. The van der Waals surface area contributed by atoms with Crippen LogP contribution in [0.3, 0.4) is 0 Å². The van der Waals surface area contributed by atoms with Crippen molar-refractivity contribution in [1.82, 2.24) is 0 Å². The molecule has 0 aromatic rings. The van der Waals surface area contributed by atoms with Gasteiger partial charge >= 0.3 is 141 Å². The van der Waals surface area contributed by atoms with Gasteiger partial charge in [-0.3, -0.25) is 0 Å². The maximum atomic E-state index is 11.2. The van der Waals surface area contributed by atoms with E-state index in [0.717, 1.165) is 46.7 Å². The molecule has 0 aromatic carbocycles. The fourth-order valence-corrected chi connectivity index (χ4v) is 7.04. The van der Waals surface area contributed by atoms with Crippen molar-refractivity contribution in [3.63, 3.8) is 0 Å². The van der Waals surface area contributed by atoms with Crippen molar-refractivity contribution in [2.45, 2.75) is 48.4 Å². The van der Waals surface area contributed by atoms with E-state index in [1.807, 2.05) is 0 Å². The Labute approximate surface area is 140 Å². The molecule has 0 unspecified atom stereocenters. The zero-order valence-corrected chi connectivity index (χ0v) is 20.3. The van der Waals surface area contributed by atoms with Crippen LogP contribution in [0.2, 0.25) is 8.87 Å². The molecule has 0 aliphatic rings. The van der Waals surface area contributed by atoms with Crippen molar-refractivity contribution in [2.75, 3.05) is 0 Å². The average molecular weight is 502 g/mol. The van der Waals surface area contributed by atoms with Gasteiger partial charge in [0.1, 0.15) is 0 Å². The van der Waals surface area contributed by atoms with Gasteiger partial charge in [-0.05, 0) is 0 Å². The number of hydrogen-bond acceptors (Lipinski definition) is 6. The summed E-state index contributed by atoms with van der Waals surface area (Å²) in [4.78, 5) is 31.4. The molecule has 20 heavy (non-hydrogen) atoms. The molecule has 0 spiro atoms. The second-order valence-corrected chi connectivity index (χ2v) is 11.9. The fraction of sp³-hybridized carbons (Fsp3) is 0.667. The summed E-state index contributed by atoms with van der Waals surface area (Å²) in [6.45, 7) is 4.20. The number of carbonyl (C=O) groups excluding carboxylic acids is 2. The molecule has 6 nitrogen and oxygen atoms in total. The van der Waals surface area contributed by atoms with Crippen molar-refractivity contribution in [2.24, 2.45) is 0 Å². The molecule has 116 valence electrons. The van der Waals surface area contributed by atoms with Crippen LogP contribution in [0.1, 0.15) is 39.5 Å². The molecule has 0 fully saturated rings. The predicted octanol–water partition coefficient (Wildman–Crippen LogP) is 1.10. The van der Waals surface area contributed by atoms with E-state index in [1.54, 1.807) is 0 Å². The van der Waals surface area contributed by atoms with Crippen molar-refractivity contribution >= 4 is 55.1 Å². The number of carbonyl (C=O) groups is 2. The molecular weight excluding hydrogens is 478 g/mol. The van der Waals surface area contributed by atoms with Crippen LogP contribution in [0.15, 0.2) is 12.2 Å². The second-order valence-electron chi connectivity index (χ2n) is 4.20. The van der Waals surface area contributed by atoms with Gasteiger partial charge in [0.15, 0.2) is 0 Å². The van der Waals surface area contributed by atoms with Crippen molar-refractivity contribution in [3.05, 3.63) is 12.2 Å². The van der Waals surface area contributed by atoms with Gasteiger partial charge in [0.05, 0.1) is 0 Å². The molecule has 0 N–H and O–H groups in total. The van der Waals surface area contributed by atoms with E-state index in [4.69, 9.17) is 6.45 Å². The van der Waals surface area contributed by atoms with Crippen LogP contribution in [0.4, 0.5) is 0 Å². The molecule has 0 aliphatic heterocycles. The molecule has 0 aliphatic carbocycles. The van der Waals surface area contributed by atoms with E-state index in [-0.39, 0.29) is 0 Å². The van der Waals surface area contributed by atoms with E-state index in [1.165, 1.54) is 0 Å². The van der Waals surface area contributed by atoms with Crippen molar-refractivity contribution in [1.29, 1.82) is 0 Å². The summed E-state index contributed by atoms with van der Waals surface area (Å²) in [6.07, 6.45) is 6.42. The third-order valence-corrected chi connectivity index (χ3v) is 8.43. The van der Waals surface area contributed by atoms with E-state index < -0.39 is 55.1 Å². The standard InChI is InChI=1S/C4H4O6.2C4H9.2Sn.4H/c5-3(9-7)1-2-4(6)10-8;2*1-3-4-2;;;;;;/h1-2,7-8H;2*1,3-4H2,2H3;;;;;;/q;;;2*+1;;;;/p-2. The topological polar surface area (TPSA) is 71.1 Å². The Morgan fingerprint density at radius 3 is 1.60 bits per heavy atom. The first-order valence-corrected chi connectivity index (χ1v) is 16.1. The van der Waals surface area contributed by atoms with Gasteiger partial charge in [-0.1, -0.05) is 0 Å². The molecule has 0 saturated carbocycles. The first kappa shape index (κ1) is 20.2. The first-order chi connectivity index (χ1) is 9.70. The van der Waals surface area contributed by atoms with Crippen LogP contribution in [-0.4, -0.2) is 55.1 Å². The molecular formula is C12H24O6Sn2. The fourth-order valence-electron chi connectivity index (χ4n) is 1.21. The Balaban J connectivity index is 3.54. The molecule has 0 aromatic heterocycles. The minimum atomic E-state index is -1.41. The van der Waals surface area contributed by atoms with Gasteiger partial charge in [0.25, 0.3) is 0 Å². The predicted molar refractivity (Wildman–Crippen MR) is 80.0 cm³/mol. The second kappa shape index (κ2) is 15.6. The summed E-state index contributed by atoms with van der Waals surface area (Å²) < 4.78 is 11.9. The first-order valence-electron chi connectivity index (χ1n) is 7.05. The van der Waals surface area contributed by atoms with Gasteiger partial charge in [-0.2, -0.15) is 0 Å². The van der Waals surface area contributed by atoms with Gasteiger partial charge in [0, 0.05) is 0 Å². The Morgan fingerprint density at radius 1 is 0.850 bits per heavy atom. The minimum absolute atomic E-state index is 0.690. The van der Waals surface area contributed by atoms with Crippen LogP contribution in [0.25, 0.3) is 0 Å². The molecule has 0 saturated heterocycles. The maximum absolute atomic E-state index is 11.2. The summed E-state index contributed by atoms with van der Waals surface area (Å²) in [5, 5.41) is 0. The molecule has 0 rings (SSSR count). The summed E-state index contributed by atoms with van der Waals surface area (Å²) >= 11 is -2.81. The zero-order valence-electron chi connectivity index (χ0n) is 12.3. The average Bonchev–Trinajstić information content (AvgIpc) is 2.44. The summed E-state index contributed by atoms with van der Waals surface area (Å²) in [5.74, 6) is -1.38. The van der Waals surface area contributed by atoms with E-state index in [0.29, 0.717) is 0 Å². The van der Waals surface area contributed by atoms with Crippen LogP contribution in [0.5, 0.6) is 0 Å². The van der Waals surface area contributed by atoms with Crippen molar-refractivity contribution < 1.29 is 25.8 Å².